The van der Waals surface area contributed by atoms with Gasteiger partial charge in [-0.1, -0.05) is 37.8 Å². The summed E-state index contributed by atoms with van der Waals surface area (Å²) in [6, 6.07) is 6.68. The van der Waals surface area contributed by atoms with Crippen molar-refractivity contribution in [1.29, 1.82) is 0 Å². The fourth-order valence-electron chi connectivity index (χ4n) is 2.91. The maximum absolute atomic E-state index is 12.2. The molecule has 1 aliphatic rings. The lowest BCUT2D eigenvalue weighted by Crippen LogP contribution is -2.37. The zero-order valence-corrected chi connectivity index (χ0v) is 12.7. The Morgan fingerprint density at radius 3 is 2.67 bits per heavy atom. The molecule has 2 rings (SSSR count). The minimum atomic E-state index is -0.500. The van der Waals surface area contributed by atoms with Crippen LogP contribution >= 0.6 is 0 Å². The molecule has 4 heteroatoms. The molecular formula is C17H25NO3. The Bertz CT molecular complexity index is 453. The van der Waals surface area contributed by atoms with E-state index in [0.29, 0.717) is 12.6 Å². The summed E-state index contributed by atoms with van der Waals surface area (Å²) in [5, 5.41) is 13.1. The first-order valence-corrected chi connectivity index (χ1v) is 7.92. The molecule has 1 unspecified atom stereocenters. The van der Waals surface area contributed by atoms with Crippen LogP contribution in [0.3, 0.4) is 0 Å². The third kappa shape index (κ3) is 4.74. The summed E-state index contributed by atoms with van der Waals surface area (Å²) in [6.07, 6.45) is 7.13. The predicted molar refractivity (Wildman–Crippen MR) is 82.1 cm³/mol. The first kappa shape index (κ1) is 15.8. The van der Waals surface area contributed by atoms with Crippen molar-refractivity contribution < 1.29 is 14.6 Å². The molecule has 0 spiro atoms. The second kappa shape index (κ2) is 8.03. The summed E-state index contributed by atoms with van der Waals surface area (Å²) >= 11 is 0. The van der Waals surface area contributed by atoms with Gasteiger partial charge in [0.15, 0.2) is 0 Å². The second-order valence-corrected chi connectivity index (χ2v) is 5.64. The van der Waals surface area contributed by atoms with Crippen LogP contribution < -0.4 is 5.32 Å². The van der Waals surface area contributed by atoms with E-state index in [-0.39, 0.29) is 11.7 Å². The molecule has 1 atom stereocenters. The van der Waals surface area contributed by atoms with Crippen LogP contribution in [0.4, 0.5) is 0 Å². The number of phenolic OH excluding ortho intramolecular Hbond substituents is 1. The third-order valence-electron chi connectivity index (χ3n) is 3.98. The van der Waals surface area contributed by atoms with E-state index in [1.807, 2.05) is 13.0 Å². The predicted octanol–water partition coefficient (Wildman–Crippen LogP) is 3.31. The van der Waals surface area contributed by atoms with E-state index in [9.17, 15) is 9.90 Å². The molecule has 116 valence electrons. The quantitative estimate of drug-likeness (QED) is 0.645. The summed E-state index contributed by atoms with van der Waals surface area (Å²) in [5.74, 6) is -0.100. The number of benzene rings is 1. The molecule has 0 saturated heterocycles. The van der Waals surface area contributed by atoms with Crippen LogP contribution in [0.25, 0.3) is 0 Å². The third-order valence-corrected chi connectivity index (χ3v) is 3.98. The highest BCUT2D eigenvalue weighted by molar-refractivity contribution is 5.77. The van der Waals surface area contributed by atoms with Crippen LogP contribution in [0.2, 0.25) is 0 Å². The second-order valence-electron chi connectivity index (χ2n) is 5.64. The van der Waals surface area contributed by atoms with Gasteiger partial charge in [0, 0.05) is 6.04 Å². The van der Waals surface area contributed by atoms with Crippen molar-refractivity contribution in [3.8, 4) is 5.75 Å². The molecule has 1 saturated carbocycles. The van der Waals surface area contributed by atoms with Gasteiger partial charge in [-0.3, -0.25) is 5.32 Å². The Kier molecular flexibility index (Phi) is 6.05. The Hall–Kier alpha value is -1.55. The van der Waals surface area contributed by atoms with E-state index >= 15 is 0 Å². The molecule has 1 aromatic rings. The van der Waals surface area contributed by atoms with Gasteiger partial charge in [0.25, 0.3) is 0 Å². The summed E-state index contributed by atoms with van der Waals surface area (Å²) < 4.78 is 5.19. The maximum atomic E-state index is 12.2. The molecule has 21 heavy (non-hydrogen) atoms. The van der Waals surface area contributed by atoms with Crippen molar-refractivity contribution >= 4 is 5.97 Å². The smallest absolute Gasteiger partial charge is 0.327 e. The Balaban J connectivity index is 2.13. The lowest BCUT2D eigenvalue weighted by molar-refractivity contribution is -0.146. The van der Waals surface area contributed by atoms with Gasteiger partial charge >= 0.3 is 5.97 Å². The van der Waals surface area contributed by atoms with Crippen LogP contribution in [-0.2, 0) is 9.53 Å². The lowest BCUT2D eigenvalue weighted by atomic mass is 10.0. The average molecular weight is 291 g/mol. The minimum absolute atomic E-state index is 0.171. The fraction of sp³-hybridized carbons (Fsp3) is 0.588. The zero-order valence-electron chi connectivity index (χ0n) is 12.7. The molecule has 0 amide bonds. The molecule has 1 fully saturated rings. The number of phenols is 1. The van der Waals surface area contributed by atoms with Gasteiger partial charge in [0.2, 0.25) is 0 Å². The van der Waals surface area contributed by atoms with Crippen molar-refractivity contribution in [2.24, 2.45) is 0 Å². The summed E-state index contributed by atoms with van der Waals surface area (Å²) in [6.45, 7) is 2.17. The van der Waals surface area contributed by atoms with Crippen molar-refractivity contribution in [2.45, 2.75) is 57.5 Å². The topological polar surface area (TPSA) is 58.6 Å². The van der Waals surface area contributed by atoms with Gasteiger partial charge in [-0.25, -0.2) is 4.79 Å². The molecule has 0 heterocycles. The Labute approximate surface area is 126 Å². The van der Waals surface area contributed by atoms with Crippen molar-refractivity contribution in [2.75, 3.05) is 6.61 Å². The number of hydrogen-bond acceptors (Lipinski definition) is 4. The molecule has 4 nitrogen and oxygen atoms in total. The van der Waals surface area contributed by atoms with Crippen molar-refractivity contribution in [3.63, 3.8) is 0 Å². The summed E-state index contributed by atoms with van der Waals surface area (Å²) in [7, 11) is 0. The number of nitrogens with one attached hydrogen (secondary N) is 1. The van der Waals surface area contributed by atoms with Crippen molar-refractivity contribution in [1.82, 2.24) is 5.32 Å². The number of hydrogen-bond donors (Lipinski definition) is 2. The first-order chi connectivity index (χ1) is 10.2. The summed E-state index contributed by atoms with van der Waals surface area (Å²) in [5.41, 5.74) is 0.762. The zero-order chi connectivity index (χ0) is 15.1. The van der Waals surface area contributed by atoms with Gasteiger partial charge in [-0.2, -0.15) is 0 Å². The van der Waals surface area contributed by atoms with E-state index in [1.54, 1.807) is 18.2 Å². The van der Waals surface area contributed by atoms with E-state index in [2.05, 4.69) is 5.32 Å². The van der Waals surface area contributed by atoms with E-state index in [4.69, 9.17) is 4.74 Å². The average Bonchev–Trinajstić information content (AvgIpc) is 2.73. The minimum Gasteiger partial charge on any atom is -0.508 e. The maximum Gasteiger partial charge on any atom is 0.327 e. The number of aromatic hydroxyl groups is 1. The first-order valence-electron chi connectivity index (χ1n) is 7.92. The Morgan fingerprint density at radius 1 is 1.33 bits per heavy atom. The van der Waals surface area contributed by atoms with E-state index in [1.165, 1.54) is 25.7 Å². The van der Waals surface area contributed by atoms with E-state index < -0.39 is 6.04 Å². The number of carbonyl (C=O) groups is 1. The molecular weight excluding hydrogens is 266 g/mol. The fourth-order valence-corrected chi connectivity index (χ4v) is 2.91. The van der Waals surface area contributed by atoms with E-state index in [0.717, 1.165) is 18.4 Å². The van der Waals surface area contributed by atoms with Gasteiger partial charge in [0.1, 0.15) is 11.8 Å². The van der Waals surface area contributed by atoms with Crippen molar-refractivity contribution in [3.05, 3.63) is 29.8 Å². The molecule has 0 aliphatic heterocycles. The molecule has 0 aromatic heterocycles. The molecule has 0 radical (unpaired) electrons. The number of carbonyl (C=O) groups excluding carboxylic acids is 1. The normalized spacial score (nSPS) is 18.0. The summed E-state index contributed by atoms with van der Waals surface area (Å²) in [4.78, 5) is 12.2. The van der Waals surface area contributed by atoms with Crippen LogP contribution in [0.15, 0.2) is 24.3 Å². The molecule has 1 aliphatic carbocycles. The van der Waals surface area contributed by atoms with Crippen LogP contribution in [0.5, 0.6) is 5.75 Å². The lowest BCUT2D eigenvalue weighted by Gasteiger charge is -2.24. The van der Waals surface area contributed by atoms with Gasteiger partial charge in [0.05, 0.1) is 6.61 Å². The number of ether oxygens (including phenoxy) is 1. The monoisotopic (exact) mass is 291 g/mol. The van der Waals surface area contributed by atoms with Gasteiger partial charge in [-0.15, -0.1) is 0 Å². The molecule has 2 N–H and O–H groups in total. The highest BCUT2D eigenvalue weighted by atomic mass is 16.5. The highest BCUT2D eigenvalue weighted by Gasteiger charge is 2.25. The van der Waals surface area contributed by atoms with Gasteiger partial charge < -0.3 is 9.84 Å². The van der Waals surface area contributed by atoms with Gasteiger partial charge in [-0.05, 0) is 37.5 Å². The molecule has 1 aromatic carbocycles. The Morgan fingerprint density at radius 2 is 2.05 bits per heavy atom. The van der Waals surface area contributed by atoms with Crippen LogP contribution in [0.1, 0.15) is 57.1 Å². The SMILES string of the molecule is CCOC(=O)C(NC1CCCCCC1)c1cccc(O)c1. The number of esters is 1. The standard InChI is InChI=1S/C17H25NO3/c1-2-21-17(20)16(13-8-7-11-15(19)12-13)18-14-9-5-3-4-6-10-14/h7-8,11-12,14,16,18-19H,2-6,9-10H2,1H3. The van der Waals surface area contributed by atoms with Crippen LogP contribution in [0, 0.1) is 0 Å². The highest BCUT2D eigenvalue weighted by Crippen LogP contribution is 2.24. The number of rotatable bonds is 5. The largest absolute Gasteiger partial charge is 0.508 e. The molecule has 0 bridgehead atoms. The van der Waals surface area contributed by atoms with Crippen LogP contribution in [-0.4, -0.2) is 23.7 Å².